The Morgan fingerprint density at radius 1 is 0.480 bits per heavy atom. The minimum Gasteiger partial charge on any atom is -0.458 e. The Balaban J connectivity index is 1.06. The average Bonchev–Trinajstić information content (AvgIpc) is 1.85. The highest BCUT2D eigenvalue weighted by Gasteiger charge is 2.28. The van der Waals surface area contributed by atoms with Crippen molar-refractivity contribution in [2.45, 2.75) is 26.2 Å². The van der Waals surface area contributed by atoms with Crippen LogP contribution in [0.1, 0.15) is 40.0 Å². The highest BCUT2D eigenvalue weighted by molar-refractivity contribution is 6.11. The van der Waals surface area contributed by atoms with Crippen LogP contribution in [0.4, 0.5) is 0 Å². The third-order valence-corrected chi connectivity index (χ3v) is 14.3. The summed E-state index contributed by atoms with van der Waals surface area (Å²) in [4.78, 5) is 4.89. The molecule has 0 atom stereocenters. The van der Waals surface area contributed by atoms with Crippen LogP contribution in [-0.4, -0.2) is 14.1 Å². The van der Waals surface area contributed by atoms with E-state index in [1.807, 2.05) is 102 Å². The first-order valence-corrected chi connectivity index (χ1v) is 24.9. The second kappa shape index (κ2) is 17.6. The van der Waals surface area contributed by atoms with Gasteiger partial charge in [0.1, 0.15) is 17.3 Å². The molecule has 13 aromatic rings. The Bertz CT molecular complexity index is 4850. The summed E-state index contributed by atoms with van der Waals surface area (Å²) in [5, 5.41) is 2.11. The number of imidazole rings is 1. The molecule has 5 heteroatoms. The summed E-state index contributed by atoms with van der Waals surface area (Å²) in [7, 11) is 0. The van der Waals surface area contributed by atoms with Crippen LogP contribution in [-0.2, 0) is 5.41 Å². The lowest BCUT2D eigenvalue weighted by atomic mass is 9.80. The van der Waals surface area contributed by atoms with Gasteiger partial charge in [0.05, 0.1) is 47.1 Å². The van der Waals surface area contributed by atoms with E-state index in [1.54, 1.807) is 22.8 Å². The van der Waals surface area contributed by atoms with E-state index in [0.29, 0.717) is 28.2 Å². The minimum absolute atomic E-state index is 0.113. The van der Waals surface area contributed by atoms with Gasteiger partial charge in [0, 0.05) is 23.0 Å². The van der Waals surface area contributed by atoms with E-state index in [-0.39, 0.29) is 33.4 Å². The summed E-state index contributed by atoms with van der Waals surface area (Å²) >= 11 is 0. The molecule has 0 N–H and O–H groups in total. The highest BCUT2D eigenvalue weighted by atomic mass is 16.5. The van der Waals surface area contributed by atoms with Gasteiger partial charge in [-0.15, -0.1) is 0 Å². The van der Waals surface area contributed by atoms with Gasteiger partial charge >= 0.3 is 0 Å². The van der Waals surface area contributed by atoms with Crippen LogP contribution in [0.3, 0.4) is 0 Å². The summed E-state index contributed by atoms with van der Waals surface area (Å²) in [5.41, 5.74) is 12.2. The summed E-state index contributed by atoms with van der Waals surface area (Å²) in [6.45, 7) is 6.56. The van der Waals surface area contributed by atoms with Crippen molar-refractivity contribution in [2.75, 3.05) is 0 Å². The van der Waals surface area contributed by atoms with Gasteiger partial charge < -0.3 is 4.74 Å². The number of fused-ring (bicyclic) bond motifs is 13. The number of para-hydroxylation sites is 2. The number of ether oxygens (including phenoxy) is 1. The number of rotatable bonds is 7. The fourth-order valence-electron chi connectivity index (χ4n) is 10.9. The van der Waals surface area contributed by atoms with E-state index in [0.717, 1.165) is 77.7 Å². The number of pyridine rings is 1. The van der Waals surface area contributed by atoms with Crippen molar-refractivity contribution in [1.82, 2.24) is 14.1 Å². The van der Waals surface area contributed by atoms with E-state index in [1.165, 1.54) is 0 Å². The van der Waals surface area contributed by atoms with Crippen molar-refractivity contribution in [3.63, 3.8) is 0 Å². The maximum absolute atomic E-state index is 9.44. The van der Waals surface area contributed by atoms with Crippen molar-refractivity contribution in [3.05, 3.63) is 261 Å². The van der Waals surface area contributed by atoms with E-state index in [2.05, 4.69) is 104 Å². The first kappa shape index (κ1) is 34.7. The molecule has 0 saturated heterocycles. The molecule has 0 unspecified atom stereocenters. The van der Waals surface area contributed by atoms with Gasteiger partial charge in [0.2, 0.25) is 0 Å². The molecule has 0 radical (unpaired) electrons. The van der Waals surface area contributed by atoms with Gasteiger partial charge in [-0.25, -0.2) is 4.98 Å². The number of hydrogen-bond donors (Lipinski definition) is 0. The number of aromatic nitrogens is 4. The molecule has 5 nitrogen and oxygen atoms in total. The molecule has 0 fully saturated rings. The quantitative estimate of drug-likeness (QED) is 0.118. The molecular formula is C70H50N4O. The molecule has 0 amide bonds. The molecule has 356 valence electrons. The molecule has 0 bridgehead atoms. The second-order valence-corrected chi connectivity index (χ2v) is 19.7. The van der Waals surface area contributed by atoms with Crippen LogP contribution in [0.5, 0.6) is 11.5 Å². The van der Waals surface area contributed by atoms with Gasteiger partial charge in [0.15, 0.2) is 0 Å². The second-order valence-electron chi connectivity index (χ2n) is 19.7. The molecule has 0 saturated carbocycles. The highest BCUT2D eigenvalue weighted by Crippen LogP contribution is 2.50. The van der Waals surface area contributed by atoms with E-state index in [4.69, 9.17) is 17.9 Å². The van der Waals surface area contributed by atoms with Gasteiger partial charge in [-0.3, -0.25) is 13.7 Å². The third-order valence-electron chi connectivity index (χ3n) is 14.3. The predicted molar refractivity (Wildman–Crippen MR) is 307 cm³/mol. The molecular weight excluding hydrogens is 913 g/mol. The van der Waals surface area contributed by atoms with Crippen LogP contribution in [0.2, 0.25) is 0 Å². The normalized spacial score (nSPS) is 13.8. The lowest BCUT2D eigenvalue weighted by molar-refractivity contribution is -0.570. The minimum atomic E-state index is -0.581. The summed E-state index contributed by atoms with van der Waals surface area (Å²) in [6, 6.07) is 54.4. The van der Waals surface area contributed by atoms with Crippen molar-refractivity contribution >= 4 is 32.8 Å². The molecule has 75 heavy (non-hydrogen) atoms. The Morgan fingerprint density at radius 2 is 1.04 bits per heavy atom. The van der Waals surface area contributed by atoms with Crippen LogP contribution in [0.25, 0.3) is 117 Å². The van der Waals surface area contributed by atoms with Crippen LogP contribution in [0, 0.1) is 6.33 Å². The fraction of sp³-hybridized carbons (Fsp3) is 0.0571. The number of benzene rings is 10. The van der Waals surface area contributed by atoms with E-state index >= 15 is 0 Å². The Morgan fingerprint density at radius 3 is 1.71 bits per heavy atom. The van der Waals surface area contributed by atoms with Crippen molar-refractivity contribution in [2.24, 2.45) is 0 Å². The van der Waals surface area contributed by atoms with Gasteiger partial charge in [0.25, 0.3) is 6.33 Å². The Labute approximate surface area is 450 Å². The zero-order valence-corrected chi connectivity index (χ0v) is 41.1. The number of hydrogen-bond acceptors (Lipinski definition) is 2. The van der Waals surface area contributed by atoms with E-state index < -0.39 is 60.4 Å². The molecule has 1 aliphatic carbocycles. The molecule has 3 heterocycles. The third kappa shape index (κ3) is 7.38. The monoisotopic (exact) mass is 972 g/mol. The summed E-state index contributed by atoms with van der Waals surface area (Å²) in [6.07, 6.45) is 5.55. The van der Waals surface area contributed by atoms with Gasteiger partial charge in [-0.05, 0) is 126 Å². The van der Waals surface area contributed by atoms with Crippen molar-refractivity contribution in [3.8, 4) is 95.5 Å². The number of nitrogens with zero attached hydrogens (tertiary/aromatic N) is 4. The molecule has 14 rings (SSSR count). The summed E-state index contributed by atoms with van der Waals surface area (Å²) < 4.78 is 103. The Hall–Kier alpha value is -9.58. The molecule has 0 spiro atoms. The van der Waals surface area contributed by atoms with Crippen LogP contribution >= 0.6 is 0 Å². The van der Waals surface area contributed by atoms with Gasteiger partial charge in [-0.2, -0.15) is 0 Å². The van der Waals surface area contributed by atoms with E-state index in [9.17, 15) is 5.48 Å². The smallest absolute Gasteiger partial charge is 0.269 e. The largest absolute Gasteiger partial charge is 0.458 e. The zero-order valence-electron chi connectivity index (χ0n) is 51.1. The van der Waals surface area contributed by atoms with Crippen LogP contribution < -0.4 is 9.30 Å². The molecule has 10 aromatic carbocycles. The predicted octanol–water partition coefficient (Wildman–Crippen LogP) is 17.6. The fourth-order valence-corrected chi connectivity index (χ4v) is 10.9. The average molecular weight is 973 g/mol. The van der Waals surface area contributed by atoms with Crippen LogP contribution in [0.15, 0.2) is 249 Å². The summed E-state index contributed by atoms with van der Waals surface area (Å²) in [5.74, 6) is 1.85. The maximum Gasteiger partial charge on any atom is 0.269 e. The SMILES string of the molecule is [2H]c1c([2H])c([2H])c(-c2cccc(-c3c([2H])c([2H])c([2H])c([2H])c3[2H])c2-[n+]2[c-]n(-c3cccc(Oc4ccc5c6ccccc6n(-c6cc(C(C)(C)C)ccn6)c5c4)c3)c3ccc4c(c32)-c2ccccc2-c2ccccc2-c2ccccc2-4)c([2H])c1[2H]. The molecule has 3 aromatic heterocycles. The zero-order chi connectivity index (χ0) is 58.9. The van der Waals surface area contributed by atoms with Crippen molar-refractivity contribution in [1.29, 1.82) is 0 Å². The molecule has 0 aliphatic heterocycles. The van der Waals surface area contributed by atoms with Crippen molar-refractivity contribution < 1.29 is 23.0 Å². The maximum atomic E-state index is 9.44. The lowest BCUT2D eigenvalue weighted by Gasteiger charge is -2.25. The lowest BCUT2D eigenvalue weighted by Crippen LogP contribution is -2.32. The molecule has 1 aliphatic rings. The first-order chi connectivity index (χ1) is 41.0. The Kier molecular flexibility index (Phi) is 8.14. The first-order valence-electron chi connectivity index (χ1n) is 29.9. The topological polar surface area (TPSA) is 35.9 Å². The van der Waals surface area contributed by atoms with Gasteiger partial charge in [-0.1, -0.05) is 209 Å². The standard InChI is InChI=1S/C70H50N4O/c1-70(2,3)48-40-41-71-66(42-48)74-63-35-17-16-31-59(63)60-37-36-51(44-65(60)74)75-50-25-18-24-49(43-50)72-45-73(68-52(46-20-6-4-7-21-46)33-19-34-53(68)47-22-8-5-9-23-47)69-64(72)39-38-62-58-30-13-12-28-56(58)54-26-10-11-27-55(54)57-29-14-15-32-61(57)67(62)69/h4-44H,1-3H3/i4D,5D,6D,7D,8D,9D,20D,21D,22D,23D.